The topological polar surface area (TPSA) is 78.8 Å². The third kappa shape index (κ3) is 5.32. The van der Waals surface area contributed by atoms with Gasteiger partial charge in [-0.25, -0.2) is 5.84 Å². The number of allylic oxidation sites excluding steroid dienone is 1. The van der Waals surface area contributed by atoms with Gasteiger partial charge in [-0.2, -0.15) is 0 Å². The lowest BCUT2D eigenvalue weighted by Gasteiger charge is -2.33. The van der Waals surface area contributed by atoms with Crippen LogP contribution in [0.3, 0.4) is 0 Å². The summed E-state index contributed by atoms with van der Waals surface area (Å²) in [4.78, 5) is 2.31. The van der Waals surface area contributed by atoms with Crippen molar-refractivity contribution in [2.24, 2.45) is 17.5 Å². The van der Waals surface area contributed by atoms with Crippen molar-refractivity contribution in [3.8, 4) is 0 Å². The highest BCUT2D eigenvalue weighted by atomic mass is 16.3. The van der Waals surface area contributed by atoms with Crippen LogP contribution in [-0.4, -0.2) is 29.6 Å². The zero-order chi connectivity index (χ0) is 19.2. The van der Waals surface area contributed by atoms with Gasteiger partial charge in [-0.1, -0.05) is 42.5 Å². The van der Waals surface area contributed by atoms with Crippen molar-refractivity contribution in [3.05, 3.63) is 77.6 Å². The van der Waals surface area contributed by atoms with Crippen LogP contribution < -0.4 is 16.6 Å². The predicted molar refractivity (Wildman–Crippen MR) is 111 cm³/mol. The molecule has 0 radical (unpaired) electrons. The van der Waals surface area contributed by atoms with Crippen molar-refractivity contribution < 1.29 is 5.11 Å². The van der Waals surface area contributed by atoms with Gasteiger partial charge in [0.2, 0.25) is 0 Å². The molecule has 0 amide bonds. The zero-order valence-corrected chi connectivity index (χ0v) is 16.0. The number of hydrogen-bond donors (Lipinski definition) is 3. The minimum atomic E-state index is -0.448. The van der Waals surface area contributed by atoms with E-state index in [1.54, 1.807) is 5.01 Å². The molecule has 0 aliphatic carbocycles. The molecule has 5 nitrogen and oxygen atoms in total. The third-order valence-electron chi connectivity index (χ3n) is 5.26. The second-order valence-electron chi connectivity index (χ2n) is 7.38. The summed E-state index contributed by atoms with van der Waals surface area (Å²) in [6.07, 6.45) is 3.35. The molecule has 1 aliphatic rings. The average molecular weight is 367 g/mol. The minimum Gasteiger partial charge on any atom is -0.401 e. The van der Waals surface area contributed by atoms with Gasteiger partial charge in [0.25, 0.3) is 0 Å². The predicted octanol–water partition coefficient (Wildman–Crippen LogP) is 2.92. The lowest BCUT2D eigenvalue weighted by Crippen LogP contribution is -2.38. The summed E-state index contributed by atoms with van der Waals surface area (Å²) in [5.74, 6) is 6.49. The molecule has 0 aromatic heterocycles. The first-order valence-electron chi connectivity index (χ1n) is 9.56. The number of hydrazine groups is 1. The average Bonchev–Trinajstić information content (AvgIpc) is 2.69. The molecule has 2 aromatic carbocycles. The molecule has 1 fully saturated rings. The maximum absolute atomic E-state index is 10.4. The molecule has 0 bridgehead atoms. The summed E-state index contributed by atoms with van der Waals surface area (Å²) < 4.78 is 0. The van der Waals surface area contributed by atoms with Crippen molar-refractivity contribution in [2.75, 3.05) is 24.6 Å². The van der Waals surface area contributed by atoms with E-state index in [0.717, 1.165) is 42.9 Å². The van der Waals surface area contributed by atoms with Crippen molar-refractivity contribution in [1.29, 1.82) is 0 Å². The molecular formula is C22H30N4O. The summed E-state index contributed by atoms with van der Waals surface area (Å²) in [6.45, 7) is 4.56. The Morgan fingerprint density at radius 2 is 1.89 bits per heavy atom. The van der Waals surface area contributed by atoms with Gasteiger partial charge in [0.1, 0.15) is 0 Å². The Labute approximate surface area is 161 Å². The van der Waals surface area contributed by atoms with Crippen molar-refractivity contribution in [3.63, 3.8) is 0 Å². The standard InChI is InChI=1S/C22H30N4O/c1-17-6-5-9-20(14-17)26(24)15-21(23)18-10-12-25(13-11-18)16-22(27)19-7-3-2-4-8-19/h2-9,14-15,18,22,27H,10-13,16,23-24H2,1H3/b21-15-. The summed E-state index contributed by atoms with van der Waals surface area (Å²) >= 11 is 0. The lowest BCUT2D eigenvalue weighted by atomic mass is 9.93. The fraction of sp³-hybridized carbons (Fsp3) is 0.364. The van der Waals surface area contributed by atoms with Crippen LogP contribution in [0.1, 0.15) is 30.1 Å². The molecule has 144 valence electrons. The summed E-state index contributed by atoms with van der Waals surface area (Å²) in [7, 11) is 0. The number of nitrogens with zero attached hydrogens (tertiary/aromatic N) is 2. The Bertz CT molecular complexity index is 754. The quantitative estimate of drug-likeness (QED) is 0.541. The van der Waals surface area contributed by atoms with E-state index in [0.29, 0.717) is 12.5 Å². The SMILES string of the molecule is Cc1cccc(N(N)/C=C(\N)C2CCN(CC(O)c3ccccc3)CC2)c1. The fourth-order valence-corrected chi connectivity index (χ4v) is 3.60. The smallest absolute Gasteiger partial charge is 0.0916 e. The third-order valence-corrected chi connectivity index (χ3v) is 5.26. The summed E-state index contributed by atoms with van der Waals surface area (Å²) in [5.41, 5.74) is 10.2. The first kappa shape index (κ1) is 19.4. The molecule has 1 unspecified atom stereocenters. The maximum atomic E-state index is 10.4. The molecule has 2 aromatic rings. The highest BCUT2D eigenvalue weighted by molar-refractivity contribution is 5.49. The van der Waals surface area contributed by atoms with Crippen LogP contribution in [0.4, 0.5) is 5.69 Å². The molecule has 1 aliphatic heterocycles. The van der Waals surface area contributed by atoms with Crippen LogP contribution in [0.5, 0.6) is 0 Å². The van der Waals surface area contributed by atoms with Gasteiger partial charge in [0.05, 0.1) is 11.8 Å². The first-order chi connectivity index (χ1) is 13.0. The number of nitrogens with two attached hydrogens (primary N) is 2. The maximum Gasteiger partial charge on any atom is 0.0916 e. The van der Waals surface area contributed by atoms with Crippen LogP contribution in [0.2, 0.25) is 0 Å². The van der Waals surface area contributed by atoms with Crippen molar-refractivity contribution in [1.82, 2.24) is 4.90 Å². The Hall–Kier alpha value is -2.34. The van der Waals surface area contributed by atoms with E-state index in [4.69, 9.17) is 11.6 Å². The van der Waals surface area contributed by atoms with E-state index in [2.05, 4.69) is 4.90 Å². The second kappa shape index (κ2) is 9.04. The molecule has 5 heteroatoms. The number of aryl methyl sites for hydroxylation is 1. The Balaban J connectivity index is 1.52. The molecule has 0 spiro atoms. The van der Waals surface area contributed by atoms with Crippen LogP contribution >= 0.6 is 0 Å². The lowest BCUT2D eigenvalue weighted by molar-refractivity contribution is 0.0933. The summed E-state index contributed by atoms with van der Waals surface area (Å²) in [6, 6.07) is 17.9. The van der Waals surface area contributed by atoms with Crippen LogP contribution in [0.15, 0.2) is 66.5 Å². The van der Waals surface area contributed by atoms with E-state index in [9.17, 15) is 5.11 Å². The highest BCUT2D eigenvalue weighted by Gasteiger charge is 2.23. The molecule has 0 saturated carbocycles. The van der Waals surface area contributed by atoms with E-state index in [1.807, 2.05) is 67.7 Å². The van der Waals surface area contributed by atoms with Crippen LogP contribution in [0, 0.1) is 12.8 Å². The molecule has 1 saturated heterocycles. The van der Waals surface area contributed by atoms with Gasteiger partial charge in [-0.3, -0.25) is 5.01 Å². The Morgan fingerprint density at radius 1 is 1.19 bits per heavy atom. The van der Waals surface area contributed by atoms with Crippen LogP contribution in [0.25, 0.3) is 0 Å². The van der Waals surface area contributed by atoms with E-state index in [1.165, 1.54) is 5.56 Å². The van der Waals surface area contributed by atoms with Gasteiger partial charge in [0.15, 0.2) is 0 Å². The van der Waals surface area contributed by atoms with Gasteiger partial charge in [-0.15, -0.1) is 0 Å². The number of β-amino-alcohol motifs (C(OH)–C–C–N with tert-alkyl or cyclic N) is 1. The Kier molecular flexibility index (Phi) is 6.50. The molecular weight excluding hydrogens is 336 g/mol. The largest absolute Gasteiger partial charge is 0.401 e. The number of aliphatic hydroxyl groups excluding tert-OH is 1. The number of rotatable bonds is 6. The number of benzene rings is 2. The van der Waals surface area contributed by atoms with Crippen molar-refractivity contribution >= 4 is 5.69 Å². The molecule has 27 heavy (non-hydrogen) atoms. The summed E-state index contributed by atoms with van der Waals surface area (Å²) in [5, 5.41) is 12.0. The zero-order valence-electron chi connectivity index (χ0n) is 16.0. The first-order valence-corrected chi connectivity index (χ1v) is 9.56. The van der Waals surface area contributed by atoms with Gasteiger partial charge >= 0.3 is 0 Å². The second-order valence-corrected chi connectivity index (χ2v) is 7.38. The number of hydrogen-bond acceptors (Lipinski definition) is 5. The molecule has 3 rings (SSSR count). The highest BCUT2D eigenvalue weighted by Crippen LogP contribution is 2.25. The van der Waals surface area contributed by atoms with E-state index >= 15 is 0 Å². The van der Waals surface area contributed by atoms with Gasteiger partial charge < -0.3 is 15.7 Å². The van der Waals surface area contributed by atoms with Crippen molar-refractivity contribution in [2.45, 2.75) is 25.9 Å². The number of likely N-dealkylation sites (tertiary alicyclic amines) is 1. The Morgan fingerprint density at radius 3 is 2.56 bits per heavy atom. The number of anilines is 1. The normalized spacial score (nSPS) is 17.7. The van der Waals surface area contributed by atoms with E-state index < -0.39 is 6.10 Å². The fourth-order valence-electron chi connectivity index (χ4n) is 3.60. The minimum absolute atomic E-state index is 0.325. The monoisotopic (exact) mass is 366 g/mol. The molecule has 1 atom stereocenters. The van der Waals surface area contributed by atoms with Gasteiger partial charge in [-0.05, 0) is 56.1 Å². The van der Waals surface area contributed by atoms with Gasteiger partial charge in [0, 0.05) is 24.4 Å². The molecule has 1 heterocycles. The molecule has 5 N–H and O–H groups in total. The number of piperidine rings is 1. The van der Waals surface area contributed by atoms with E-state index in [-0.39, 0.29) is 0 Å². The number of aliphatic hydroxyl groups is 1. The van der Waals surface area contributed by atoms with Crippen LogP contribution in [-0.2, 0) is 0 Å².